The molecule has 1 aromatic heterocycles. The fraction of sp³-hybridized carbons (Fsp3) is 0.615. The number of nitrogens with zero attached hydrogens (tertiary/aromatic N) is 1. The van der Waals surface area contributed by atoms with Crippen molar-refractivity contribution in [3.63, 3.8) is 0 Å². The van der Waals surface area contributed by atoms with E-state index in [1.54, 1.807) is 13.8 Å². The highest BCUT2D eigenvalue weighted by Gasteiger charge is 2.36. The van der Waals surface area contributed by atoms with Crippen LogP contribution in [0.4, 0.5) is 17.6 Å². The Kier molecular flexibility index (Phi) is 6.06. The molecule has 1 saturated heterocycles. The summed E-state index contributed by atoms with van der Waals surface area (Å²) in [6.07, 6.45) is -0.642. The van der Waals surface area contributed by atoms with E-state index < -0.39 is 47.2 Å². The van der Waals surface area contributed by atoms with E-state index in [9.17, 15) is 17.6 Å². The summed E-state index contributed by atoms with van der Waals surface area (Å²) in [6, 6.07) is 0. The second kappa shape index (κ2) is 7.15. The average molecular weight is 311 g/mol. The quantitative estimate of drug-likeness (QED) is 0.589. The van der Waals surface area contributed by atoms with Crippen molar-refractivity contribution in [2.75, 3.05) is 13.2 Å². The van der Waals surface area contributed by atoms with Gasteiger partial charge in [0, 0.05) is 24.7 Å². The SMILES string of the molecule is CC1OCCCOC(C)C1c1c(F)c(F)nc(F)c1F.O. The van der Waals surface area contributed by atoms with Gasteiger partial charge >= 0.3 is 0 Å². The summed E-state index contributed by atoms with van der Waals surface area (Å²) in [5.41, 5.74) is -0.711. The van der Waals surface area contributed by atoms with Gasteiger partial charge in [0.1, 0.15) is 0 Å². The number of hydrogen-bond donors (Lipinski definition) is 0. The van der Waals surface area contributed by atoms with Crippen molar-refractivity contribution in [1.82, 2.24) is 4.98 Å². The van der Waals surface area contributed by atoms with Crippen LogP contribution in [0.15, 0.2) is 0 Å². The predicted octanol–water partition coefficient (Wildman–Crippen LogP) is 2.11. The highest BCUT2D eigenvalue weighted by atomic mass is 19.2. The Morgan fingerprint density at radius 3 is 1.76 bits per heavy atom. The number of aromatic nitrogens is 1. The normalized spacial score (nSPS) is 26.7. The highest BCUT2D eigenvalue weighted by molar-refractivity contribution is 5.24. The van der Waals surface area contributed by atoms with Gasteiger partial charge in [0.15, 0.2) is 11.6 Å². The van der Waals surface area contributed by atoms with E-state index in [1.165, 1.54) is 0 Å². The second-order valence-electron chi connectivity index (χ2n) is 4.77. The third-order valence-corrected chi connectivity index (χ3v) is 3.43. The summed E-state index contributed by atoms with van der Waals surface area (Å²) in [4.78, 5) is 2.56. The second-order valence-corrected chi connectivity index (χ2v) is 4.77. The molecule has 0 radical (unpaired) electrons. The van der Waals surface area contributed by atoms with Crippen molar-refractivity contribution in [1.29, 1.82) is 0 Å². The van der Waals surface area contributed by atoms with Crippen molar-refractivity contribution in [3.8, 4) is 0 Å². The minimum Gasteiger partial charge on any atom is -0.412 e. The summed E-state index contributed by atoms with van der Waals surface area (Å²) >= 11 is 0. The first-order chi connectivity index (χ1) is 9.43. The molecule has 120 valence electrons. The molecule has 21 heavy (non-hydrogen) atoms. The van der Waals surface area contributed by atoms with E-state index in [2.05, 4.69) is 4.98 Å². The molecule has 2 heterocycles. The van der Waals surface area contributed by atoms with Crippen LogP contribution in [-0.4, -0.2) is 35.9 Å². The predicted molar refractivity (Wildman–Crippen MR) is 65.9 cm³/mol. The third-order valence-electron chi connectivity index (χ3n) is 3.43. The number of ether oxygens (including phenoxy) is 2. The van der Waals surface area contributed by atoms with Crippen molar-refractivity contribution < 1.29 is 32.5 Å². The largest absolute Gasteiger partial charge is 0.412 e. The van der Waals surface area contributed by atoms with Gasteiger partial charge < -0.3 is 14.9 Å². The molecule has 0 amide bonds. The van der Waals surface area contributed by atoms with E-state index >= 15 is 0 Å². The molecule has 2 N–H and O–H groups in total. The molecule has 0 saturated carbocycles. The molecule has 1 aliphatic rings. The highest BCUT2D eigenvalue weighted by Crippen LogP contribution is 2.33. The zero-order valence-corrected chi connectivity index (χ0v) is 11.6. The Labute approximate surface area is 119 Å². The lowest BCUT2D eigenvalue weighted by atomic mass is 9.88. The van der Waals surface area contributed by atoms with E-state index in [0.29, 0.717) is 19.6 Å². The average Bonchev–Trinajstić information content (AvgIpc) is 2.39. The smallest absolute Gasteiger partial charge is 0.252 e. The van der Waals surface area contributed by atoms with E-state index in [1.807, 2.05) is 0 Å². The van der Waals surface area contributed by atoms with Crippen LogP contribution in [0.3, 0.4) is 0 Å². The van der Waals surface area contributed by atoms with Crippen LogP contribution < -0.4 is 0 Å². The Morgan fingerprint density at radius 1 is 0.905 bits per heavy atom. The molecule has 2 unspecified atom stereocenters. The molecule has 0 aromatic carbocycles. The third kappa shape index (κ3) is 3.50. The van der Waals surface area contributed by atoms with Gasteiger partial charge in [-0.2, -0.15) is 13.8 Å². The van der Waals surface area contributed by atoms with Crippen molar-refractivity contribution >= 4 is 0 Å². The van der Waals surface area contributed by atoms with Crippen LogP contribution in [0.25, 0.3) is 0 Å². The molecule has 2 atom stereocenters. The van der Waals surface area contributed by atoms with Gasteiger partial charge in [0.25, 0.3) is 11.9 Å². The summed E-state index contributed by atoms with van der Waals surface area (Å²) in [7, 11) is 0. The number of hydrogen-bond acceptors (Lipinski definition) is 3. The molecule has 1 aromatic rings. The fourth-order valence-corrected chi connectivity index (χ4v) is 2.45. The van der Waals surface area contributed by atoms with Crippen molar-refractivity contribution in [3.05, 3.63) is 29.1 Å². The van der Waals surface area contributed by atoms with Gasteiger partial charge in [-0.3, -0.25) is 0 Å². The Morgan fingerprint density at radius 2 is 1.33 bits per heavy atom. The maximum atomic E-state index is 13.9. The van der Waals surface area contributed by atoms with Gasteiger partial charge in [-0.15, -0.1) is 0 Å². The summed E-state index contributed by atoms with van der Waals surface area (Å²) in [5, 5.41) is 0. The van der Waals surface area contributed by atoms with Crippen LogP contribution in [0, 0.1) is 23.5 Å². The zero-order valence-electron chi connectivity index (χ0n) is 11.6. The minimum absolute atomic E-state index is 0. The molecular formula is C13H17F4NO3. The van der Waals surface area contributed by atoms with Gasteiger partial charge in [-0.1, -0.05) is 0 Å². The summed E-state index contributed by atoms with van der Waals surface area (Å²) < 4.78 is 65.0. The summed E-state index contributed by atoms with van der Waals surface area (Å²) in [6.45, 7) is 3.88. The lowest BCUT2D eigenvalue weighted by Crippen LogP contribution is -2.35. The molecule has 1 aliphatic heterocycles. The minimum atomic E-state index is -1.67. The fourth-order valence-electron chi connectivity index (χ4n) is 2.45. The Bertz CT molecular complexity index is 463. The van der Waals surface area contributed by atoms with Crippen molar-refractivity contribution in [2.45, 2.75) is 38.4 Å². The summed E-state index contributed by atoms with van der Waals surface area (Å²) in [5.74, 6) is -7.29. The van der Waals surface area contributed by atoms with Gasteiger partial charge in [0.05, 0.1) is 12.2 Å². The molecule has 0 bridgehead atoms. The van der Waals surface area contributed by atoms with Crippen LogP contribution >= 0.6 is 0 Å². The van der Waals surface area contributed by atoms with Crippen LogP contribution in [-0.2, 0) is 9.47 Å². The zero-order chi connectivity index (χ0) is 14.9. The molecule has 4 nitrogen and oxygen atoms in total. The van der Waals surface area contributed by atoms with Crippen molar-refractivity contribution in [2.24, 2.45) is 0 Å². The lowest BCUT2D eigenvalue weighted by Gasteiger charge is -2.32. The van der Waals surface area contributed by atoms with Crippen LogP contribution in [0.5, 0.6) is 0 Å². The van der Waals surface area contributed by atoms with E-state index in [0.717, 1.165) is 0 Å². The topological polar surface area (TPSA) is 62.9 Å². The lowest BCUT2D eigenvalue weighted by molar-refractivity contribution is -0.0587. The molecule has 1 fully saturated rings. The van der Waals surface area contributed by atoms with Gasteiger partial charge in [0.2, 0.25) is 0 Å². The van der Waals surface area contributed by atoms with Crippen LogP contribution in [0.2, 0.25) is 0 Å². The molecular weight excluding hydrogens is 294 g/mol. The molecule has 0 aliphatic carbocycles. The Balaban J connectivity index is 0.00000220. The molecule has 8 heteroatoms. The monoisotopic (exact) mass is 311 g/mol. The first kappa shape index (κ1) is 17.8. The molecule has 2 rings (SSSR count). The van der Waals surface area contributed by atoms with Gasteiger partial charge in [-0.05, 0) is 20.3 Å². The molecule has 0 spiro atoms. The first-order valence-electron chi connectivity index (χ1n) is 6.36. The maximum absolute atomic E-state index is 13.9. The number of rotatable bonds is 1. The number of halogens is 4. The first-order valence-corrected chi connectivity index (χ1v) is 6.36. The Hall–Kier alpha value is -1.25. The number of pyridine rings is 1. The maximum Gasteiger partial charge on any atom is 0.252 e. The van der Waals surface area contributed by atoms with Crippen LogP contribution in [0.1, 0.15) is 31.7 Å². The standard InChI is InChI=1S/C13H15F4NO2.H2O/c1-6-8(7(2)20-5-3-4-19-6)9-10(14)12(16)18-13(17)11(9)15;/h6-8H,3-5H2,1-2H3;1H2. The van der Waals surface area contributed by atoms with Gasteiger partial charge in [-0.25, -0.2) is 8.78 Å². The van der Waals surface area contributed by atoms with E-state index in [-0.39, 0.29) is 5.48 Å². The van der Waals surface area contributed by atoms with E-state index in [4.69, 9.17) is 9.47 Å².